The number of fused-ring (bicyclic) bond motifs is 2. The predicted octanol–water partition coefficient (Wildman–Crippen LogP) is 5.15. The maximum Gasteiger partial charge on any atom is 0.171 e. The lowest BCUT2D eigenvalue weighted by Gasteiger charge is -2.24. The molecule has 2 atom stereocenters. The van der Waals surface area contributed by atoms with Crippen molar-refractivity contribution in [1.82, 2.24) is 14.8 Å². The van der Waals surface area contributed by atoms with E-state index in [0.29, 0.717) is 35.3 Å². The van der Waals surface area contributed by atoms with Crippen LogP contribution in [0.3, 0.4) is 0 Å². The summed E-state index contributed by atoms with van der Waals surface area (Å²) in [6.45, 7) is 2.41. The van der Waals surface area contributed by atoms with Gasteiger partial charge in [-0.15, -0.1) is 0 Å². The first-order valence-electron chi connectivity index (χ1n) is 10.4. The van der Waals surface area contributed by atoms with E-state index in [9.17, 15) is 9.90 Å². The average molecular weight is 470 g/mol. The molecule has 4 aromatic rings. The summed E-state index contributed by atoms with van der Waals surface area (Å²) in [5.41, 5.74) is 4.06. The minimum absolute atomic E-state index is 0.0130. The number of Topliss-reactive ketones (excluding diaryl/α,β-unsaturated/α-hetero) is 1. The normalized spacial score (nSPS) is 16.6. The summed E-state index contributed by atoms with van der Waals surface area (Å²) in [5.74, 6) is 0.477. The Morgan fingerprint density at radius 3 is 2.91 bits per heavy atom. The second-order valence-electron chi connectivity index (χ2n) is 8.20. The number of ether oxygens (including phenoxy) is 1. The van der Waals surface area contributed by atoms with Gasteiger partial charge in [0, 0.05) is 39.8 Å². The van der Waals surface area contributed by atoms with Crippen molar-refractivity contribution in [2.24, 2.45) is 5.92 Å². The summed E-state index contributed by atoms with van der Waals surface area (Å²) in [6, 6.07) is 11.3. The fourth-order valence-electron chi connectivity index (χ4n) is 4.31. The van der Waals surface area contributed by atoms with Gasteiger partial charge in [-0.3, -0.25) is 9.89 Å². The molecular weight excluding hydrogens is 449 g/mol. The van der Waals surface area contributed by atoms with Crippen molar-refractivity contribution in [2.75, 3.05) is 6.61 Å². The monoisotopic (exact) mass is 469 g/mol. The lowest BCUT2D eigenvalue weighted by molar-refractivity contribution is 0.0856. The van der Waals surface area contributed by atoms with Crippen LogP contribution in [-0.4, -0.2) is 38.4 Å². The number of carbonyl (C=O) groups is 1. The highest BCUT2D eigenvalue weighted by Crippen LogP contribution is 2.35. The van der Waals surface area contributed by atoms with E-state index in [4.69, 9.17) is 27.9 Å². The Bertz CT molecular complexity index is 1330. The Morgan fingerprint density at radius 2 is 2.16 bits per heavy atom. The molecule has 2 aromatic heterocycles. The van der Waals surface area contributed by atoms with Gasteiger partial charge in [-0.1, -0.05) is 35.3 Å². The number of benzene rings is 2. The Labute approximate surface area is 194 Å². The molecule has 32 heavy (non-hydrogen) atoms. The SMILES string of the molecule is CC(O)Cn1cc(C(=O)C2COc3ccc(Cl)cc3C2)c2ccc(-c3cn[nH]c3Cl)cc21. The Kier molecular flexibility index (Phi) is 5.45. The van der Waals surface area contributed by atoms with Gasteiger partial charge in [-0.25, -0.2) is 0 Å². The molecule has 2 unspecified atom stereocenters. The van der Waals surface area contributed by atoms with E-state index in [1.165, 1.54) is 0 Å². The first-order valence-corrected chi connectivity index (χ1v) is 11.1. The number of halogens is 2. The molecular formula is C24H21Cl2N3O3. The highest BCUT2D eigenvalue weighted by Gasteiger charge is 2.29. The number of nitrogens with one attached hydrogen (secondary N) is 1. The first kappa shape index (κ1) is 21.1. The fraction of sp³-hybridized carbons (Fsp3) is 0.250. The highest BCUT2D eigenvalue weighted by atomic mass is 35.5. The van der Waals surface area contributed by atoms with Gasteiger partial charge in [0.2, 0.25) is 0 Å². The van der Waals surface area contributed by atoms with Gasteiger partial charge in [0.05, 0.1) is 24.8 Å². The van der Waals surface area contributed by atoms with Crippen LogP contribution < -0.4 is 4.74 Å². The topological polar surface area (TPSA) is 80.1 Å². The first-order chi connectivity index (χ1) is 15.4. The van der Waals surface area contributed by atoms with Crippen LogP contribution >= 0.6 is 23.2 Å². The number of aromatic nitrogens is 3. The number of ketones is 1. The number of hydrogen-bond acceptors (Lipinski definition) is 4. The smallest absolute Gasteiger partial charge is 0.171 e. The van der Waals surface area contributed by atoms with Crippen molar-refractivity contribution in [3.63, 3.8) is 0 Å². The zero-order chi connectivity index (χ0) is 22.4. The van der Waals surface area contributed by atoms with Gasteiger partial charge in [0.1, 0.15) is 10.9 Å². The molecule has 164 valence electrons. The lowest BCUT2D eigenvalue weighted by Crippen LogP contribution is -2.28. The van der Waals surface area contributed by atoms with Crippen LogP contribution in [0, 0.1) is 5.92 Å². The molecule has 0 aliphatic carbocycles. The molecule has 6 nitrogen and oxygen atoms in total. The minimum atomic E-state index is -0.568. The van der Waals surface area contributed by atoms with Crippen LogP contribution in [0.1, 0.15) is 22.8 Å². The molecule has 0 saturated heterocycles. The van der Waals surface area contributed by atoms with Crippen LogP contribution in [0.2, 0.25) is 10.2 Å². The number of aliphatic hydroxyl groups is 1. The third-order valence-electron chi connectivity index (χ3n) is 5.81. The van der Waals surface area contributed by atoms with E-state index in [-0.39, 0.29) is 11.7 Å². The van der Waals surface area contributed by atoms with E-state index in [2.05, 4.69) is 10.2 Å². The summed E-state index contributed by atoms with van der Waals surface area (Å²) < 4.78 is 7.76. The quantitative estimate of drug-likeness (QED) is 0.396. The molecule has 5 rings (SSSR count). The summed E-state index contributed by atoms with van der Waals surface area (Å²) in [5, 5.41) is 18.6. The molecule has 8 heteroatoms. The van der Waals surface area contributed by atoms with Gasteiger partial charge in [-0.05, 0) is 48.7 Å². The molecule has 0 radical (unpaired) electrons. The standard InChI is InChI=1S/C24H21Cl2N3O3/c1-13(30)10-29-11-20(18-4-2-14(8-21(18)29)19-9-27-28-24(19)26)23(31)16-6-15-7-17(25)3-5-22(15)32-12-16/h2-5,7-9,11,13,16,30H,6,10,12H2,1H3,(H,27,28). The average Bonchev–Trinajstić information content (AvgIpc) is 3.35. The maximum absolute atomic E-state index is 13.6. The zero-order valence-corrected chi connectivity index (χ0v) is 18.8. The van der Waals surface area contributed by atoms with Gasteiger partial charge < -0.3 is 14.4 Å². The van der Waals surface area contributed by atoms with Crippen molar-refractivity contribution in [2.45, 2.75) is 26.0 Å². The number of hydrogen-bond donors (Lipinski definition) is 2. The van der Waals surface area contributed by atoms with Crippen molar-refractivity contribution < 1.29 is 14.6 Å². The van der Waals surface area contributed by atoms with Crippen LogP contribution in [0.5, 0.6) is 5.75 Å². The molecule has 0 spiro atoms. The molecule has 0 amide bonds. The van der Waals surface area contributed by atoms with Gasteiger partial charge in [-0.2, -0.15) is 5.10 Å². The molecule has 1 aliphatic rings. The molecule has 0 saturated carbocycles. The second kappa shape index (κ2) is 8.28. The van der Waals surface area contributed by atoms with Crippen molar-refractivity contribution >= 4 is 39.9 Å². The third-order valence-corrected chi connectivity index (χ3v) is 6.34. The Balaban J connectivity index is 1.55. The predicted molar refractivity (Wildman–Crippen MR) is 125 cm³/mol. The number of H-pyrrole nitrogens is 1. The van der Waals surface area contributed by atoms with E-state index in [1.54, 1.807) is 19.2 Å². The van der Waals surface area contributed by atoms with E-state index >= 15 is 0 Å². The molecule has 3 heterocycles. The molecule has 0 bridgehead atoms. The van der Waals surface area contributed by atoms with Crippen molar-refractivity contribution in [3.05, 3.63) is 70.1 Å². The third kappa shape index (κ3) is 3.79. The van der Waals surface area contributed by atoms with Crippen molar-refractivity contribution in [1.29, 1.82) is 0 Å². The van der Waals surface area contributed by atoms with E-state index in [0.717, 1.165) is 33.3 Å². The largest absolute Gasteiger partial charge is 0.493 e. The molecule has 0 fully saturated rings. The number of rotatable bonds is 5. The lowest BCUT2D eigenvalue weighted by atomic mass is 9.89. The summed E-state index contributed by atoms with van der Waals surface area (Å²) in [4.78, 5) is 13.6. The van der Waals surface area contributed by atoms with Crippen LogP contribution in [0.4, 0.5) is 0 Å². The number of nitrogens with zero attached hydrogens (tertiary/aromatic N) is 2. The molecule has 2 aromatic carbocycles. The second-order valence-corrected chi connectivity index (χ2v) is 9.02. The zero-order valence-electron chi connectivity index (χ0n) is 17.3. The van der Waals surface area contributed by atoms with Crippen LogP contribution in [-0.2, 0) is 13.0 Å². The highest BCUT2D eigenvalue weighted by molar-refractivity contribution is 6.32. The Morgan fingerprint density at radius 1 is 1.31 bits per heavy atom. The Hall–Kier alpha value is -2.80. The van der Waals surface area contributed by atoms with Gasteiger partial charge >= 0.3 is 0 Å². The number of aliphatic hydroxyl groups excluding tert-OH is 1. The summed E-state index contributed by atoms with van der Waals surface area (Å²) in [6.07, 6.45) is 3.50. The number of aromatic amines is 1. The van der Waals surface area contributed by atoms with E-state index < -0.39 is 6.10 Å². The van der Waals surface area contributed by atoms with Gasteiger partial charge in [0.25, 0.3) is 0 Å². The van der Waals surface area contributed by atoms with Crippen LogP contribution in [0.15, 0.2) is 48.8 Å². The maximum atomic E-state index is 13.6. The van der Waals surface area contributed by atoms with Gasteiger partial charge in [0.15, 0.2) is 5.78 Å². The molecule has 2 N–H and O–H groups in total. The molecule has 1 aliphatic heterocycles. The summed E-state index contributed by atoms with van der Waals surface area (Å²) in [7, 11) is 0. The van der Waals surface area contributed by atoms with E-state index in [1.807, 2.05) is 41.1 Å². The van der Waals surface area contributed by atoms with Crippen LogP contribution in [0.25, 0.3) is 22.0 Å². The summed E-state index contributed by atoms with van der Waals surface area (Å²) >= 11 is 12.4. The minimum Gasteiger partial charge on any atom is -0.493 e. The number of carbonyl (C=O) groups excluding carboxylic acids is 1. The van der Waals surface area contributed by atoms with Crippen molar-refractivity contribution in [3.8, 4) is 16.9 Å². The fourth-order valence-corrected chi connectivity index (χ4v) is 4.72.